The second-order valence-corrected chi connectivity index (χ2v) is 4.76. The van der Waals surface area contributed by atoms with E-state index in [1.807, 2.05) is 13.8 Å². The van der Waals surface area contributed by atoms with Crippen LogP contribution in [0.15, 0.2) is 24.3 Å². The molecule has 0 aliphatic carbocycles. The predicted octanol–water partition coefficient (Wildman–Crippen LogP) is 0.247. The number of hydrogen-bond donors (Lipinski definition) is 3. The molecule has 6 nitrogen and oxygen atoms in total. The van der Waals surface area contributed by atoms with Crippen molar-refractivity contribution in [3.05, 3.63) is 29.8 Å². The smallest absolute Gasteiger partial charge is 0.241 e. The molecule has 2 amide bonds. The molecule has 0 aromatic heterocycles. The second kappa shape index (κ2) is 8.26. The van der Waals surface area contributed by atoms with Gasteiger partial charge in [0.25, 0.3) is 0 Å². The normalized spacial score (nSPS) is 11.8. The summed E-state index contributed by atoms with van der Waals surface area (Å²) in [5, 5.41) is 11.7. The van der Waals surface area contributed by atoms with E-state index in [1.54, 1.807) is 29.2 Å². The molecule has 1 rings (SSSR count). The van der Waals surface area contributed by atoms with Crippen molar-refractivity contribution in [3.63, 3.8) is 0 Å². The van der Waals surface area contributed by atoms with Gasteiger partial charge in [0.1, 0.15) is 5.75 Å². The van der Waals surface area contributed by atoms with Gasteiger partial charge in [-0.1, -0.05) is 12.1 Å². The Balaban J connectivity index is 2.44. The lowest BCUT2D eigenvalue weighted by Crippen LogP contribution is -2.46. The van der Waals surface area contributed by atoms with E-state index < -0.39 is 6.04 Å². The van der Waals surface area contributed by atoms with E-state index in [1.165, 1.54) is 0 Å². The second-order valence-electron chi connectivity index (χ2n) is 4.76. The number of carbonyl (C=O) groups is 2. The van der Waals surface area contributed by atoms with Gasteiger partial charge in [0.15, 0.2) is 0 Å². The SMILES string of the molecule is CCN(CC)C(=O)CNC(=O)[C@H](N)Cc1ccc(O)cc1. The van der Waals surface area contributed by atoms with Gasteiger partial charge < -0.3 is 21.1 Å². The minimum absolute atomic E-state index is 0.0379. The third kappa shape index (κ3) is 5.43. The molecule has 0 bridgehead atoms. The number of phenolic OH excluding ortho intramolecular Hbond substituents is 1. The molecule has 6 heteroatoms. The maximum absolute atomic E-state index is 11.9. The summed E-state index contributed by atoms with van der Waals surface area (Å²) in [5.74, 6) is -0.310. The van der Waals surface area contributed by atoms with Gasteiger partial charge in [0.2, 0.25) is 11.8 Å². The van der Waals surface area contributed by atoms with Crippen LogP contribution in [0.25, 0.3) is 0 Å². The summed E-state index contributed by atoms with van der Waals surface area (Å²) in [6, 6.07) is 5.79. The molecule has 1 atom stereocenters. The molecule has 4 N–H and O–H groups in total. The standard InChI is InChI=1S/C15H23N3O3/c1-3-18(4-2)14(20)10-17-15(21)13(16)9-11-5-7-12(19)8-6-11/h5-8,13,19H,3-4,9-10,16H2,1-2H3,(H,17,21)/t13-/m1/s1. The van der Waals surface area contributed by atoms with Crippen LogP contribution < -0.4 is 11.1 Å². The number of phenols is 1. The fourth-order valence-corrected chi connectivity index (χ4v) is 1.96. The number of aromatic hydroxyl groups is 1. The van der Waals surface area contributed by atoms with Crippen LogP contribution in [0, 0.1) is 0 Å². The summed E-state index contributed by atoms with van der Waals surface area (Å²) in [4.78, 5) is 25.3. The number of amides is 2. The van der Waals surface area contributed by atoms with Crippen molar-refractivity contribution in [1.29, 1.82) is 0 Å². The van der Waals surface area contributed by atoms with Gasteiger partial charge in [-0.25, -0.2) is 0 Å². The lowest BCUT2D eigenvalue weighted by molar-refractivity contribution is -0.132. The van der Waals surface area contributed by atoms with Gasteiger partial charge >= 0.3 is 0 Å². The average Bonchev–Trinajstić information content (AvgIpc) is 2.48. The van der Waals surface area contributed by atoms with Gasteiger partial charge in [0, 0.05) is 13.1 Å². The molecule has 0 fully saturated rings. The molecule has 116 valence electrons. The third-order valence-electron chi connectivity index (χ3n) is 3.26. The van der Waals surface area contributed by atoms with Crippen LogP contribution in [-0.2, 0) is 16.0 Å². The number of nitrogens with one attached hydrogen (secondary N) is 1. The van der Waals surface area contributed by atoms with E-state index in [9.17, 15) is 14.7 Å². The van der Waals surface area contributed by atoms with Crippen molar-refractivity contribution in [1.82, 2.24) is 10.2 Å². The first-order valence-corrected chi connectivity index (χ1v) is 7.06. The van der Waals surface area contributed by atoms with E-state index >= 15 is 0 Å². The lowest BCUT2D eigenvalue weighted by Gasteiger charge is -2.19. The molecule has 0 unspecified atom stereocenters. The first-order valence-electron chi connectivity index (χ1n) is 7.06. The molecular weight excluding hydrogens is 270 g/mol. The zero-order chi connectivity index (χ0) is 15.8. The van der Waals surface area contributed by atoms with E-state index in [4.69, 9.17) is 5.73 Å². The number of likely N-dealkylation sites (N-methyl/N-ethyl adjacent to an activating group) is 1. The lowest BCUT2D eigenvalue weighted by atomic mass is 10.1. The number of nitrogens with zero attached hydrogens (tertiary/aromatic N) is 1. The number of hydrogen-bond acceptors (Lipinski definition) is 4. The minimum Gasteiger partial charge on any atom is -0.508 e. The molecule has 0 heterocycles. The van der Waals surface area contributed by atoms with Crippen LogP contribution in [-0.4, -0.2) is 47.5 Å². The topological polar surface area (TPSA) is 95.7 Å². The van der Waals surface area contributed by atoms with Crippen molar-refractivity contribution in [2.24, 2.45) is 5.73 Å². The van der Waals surface area contributed by atoms with Crippen LogP contribution in [0.2, 0.25) is 0 Å². The van der Waals surface area contributed by atoms with E-state index in [-0.39, 0.29) is 24.1 Å². The van der Waals surface area contributed by atoms with Crippen molar-refractivity contribution >= 4 is 11.8 Å². The van der Waals surface area contributed by atoms with Crippen LogP contribution in [0.4, 0.5) is 0 Å². The van der Waals surface area contributed by atoms with Gasteiger partial charge in [-0.2, -0.15) is 0 Å². The zero-order valence-electron chi connectivity index (χ0n) is 12.5. The van der Waals surface area contributed by atoms with Gasteiger partial charge in [0.05, 0.1) is 12.6 Å². The third-order valence-corrected chi connectivity index (χ3v) is 3.26. The highest BCUT2D eigenvalue weighted by Crippen LogP contribution is 2.10. The largest absolute Gasteiger partial charge is 0.508 e. The summed E-state index contributed by atoms with van der Waals surface area (Å²) in [5.41, 5.74) is 6.67. The summed E-state index contributed by atoms with van der Waals surface area (Å²) < 4.78 is 0. The Morgan fingerprint density at radius 2 is 1.81 bits per heavy atom. The van der Waals surface area contributed by atoms with Crippen LogP contribution in [0.5, 0.6) is 5.75 Å². The number of rotatable bonds is 7. The predicted molar refractivity (Wildman–Crippen MR) is 80.7 cm³/mol. The molecular formula is C15H23N3O3. The Hall–Kier alpha value is -2.08. The fraction of sp³-hybridized carbons (Fsp3) is 0.467. The summed E-state index contributed by atoms with van der Waals surface area (Å²) in [7, 11) is 0. The highest BCUT2D eigenvalue weighted by Gasteiger charge is 2.16. The Bertz CT molecular complexity index is 470. The monoisotopic (exact) mass is 293 g/mol. The number of benzene rings is 1. The summed E-state index contributed by atoms with van der Waals surface area (Å²) in [6.07, 6.45) is 0.353. The maximum atomic E-state index is 11.9. The van der Waals surface area contributed by atoms with E-state index in [2.05, 4.69) is 5.32 Å². The molecule has 0 aliphatic heterocycles. The Kier molecular flexibility index (Phi) is 6.68. The molecule has 0 saturated carbocycles. The van der Waals surface area contributed by atoms with E-state index in [0.29, 0.717) is 19.5 Å². The Morgan fingerprint density at radius 3 is 2.33 bits per heavy atom. The fourth-order valence-electron chi connectivity index (χ4n) is 1.96. The van der Waals surface area contributed by atoms with Crippen LogP contribution in [0.1, 0.15) is 19.4 Å². The first-order chi connectivity index (χ1) is 9.97. The van der Waals surface area contributed by atoms with Crippen molar-refractivity contribution < 1.29 is 14.7 Å². The minimum atomic E-state index is -0.723. The molecule has 0 spiro atoms. The molecule has 0 aliphatic rings. The van der Waals surface area contributed by atoms with Crippen molar-refractivity contribution in [2.45, 2.75) is 26.3 Å². The van der Waals surface area contributed by atoms with Crippen molar-refractivity contribution in [3.8, 4) is 5.75 Å². The molecule has 0 radical (unpaired) electrons. The highest BCUT2D eigenvalue weighted by atomic mass is 16.3. The van der Waals surface area contributed by atoms with Gasteiger partial charge in [-0.05, 0) is 38.0 Å². The zero-order valence-corrected chi connectivity index (χ0v) is 12.5. The number of carbonyl (C=O) groups excluding carboxylic acids is 2. The summed E-state index contributed by atoms with van der Waals surface area (Å²) >= 11 is 0. The molecule has 21 heavy (non-hydrogen) atoms. The number of nitrogens with two attached hydrogens (primary N) is 1. The van der Waals surface area contributed by atoms with E-state index in [0.717, 1.165) is 5.56 Å². The summed E-state index contributed by atoms with van der Waals surface area (Å²) in [6.45, 7) is 4.97. The van der Waals surface area contributed by atoms with Gasteiger partial charge in [-0.15, -0.1) is 0 Å². The van der Waals surface area contributed by atoms with Crippen LogP contribution >= 0.6 is 0 Å². The van der Waals surface area contributed by atoms with Crippen LogP contribution in [0.3, 0.4) is 0 Å². The quantitative estimate of drug-likeness (QED) is 0.671. The average molecular weight is 293 g/mol. The van der Waals surface area contributed by atoms with Crippen molar-refractivity contribution in [2.75, 3.05) is 19.6 Å². The Labute approximate surface area is 124 Å². The Morgan fingerprint density at radius 1 is 1.24 bits per heavy atom. The molecule has 1 aromatic carbocycles. The van der Waals surface area contributed by atoms with Gasteiger partial charge in [-0.3, -0.25) is 9.59 Å². The highest BCUT2D eigenvalue weighted by molar-refractivity contribution is 5.87. The first kappa shape index (κ1) is 17.0. The maximum Gasteiger partial charge on any atom is 0.241 e. The molecule has 0 saturated heterocycles. The molecule has 1 aromatic rings.